The van der Waals surface area contributed by atoms with Gasteiger partial charge in [-0.15, -0.1) is 0 Å². The number of nitrogens with zero attached hydrogens (tertiary/aromatic N) is 3. The Hall–Kier alpha value is -3.33. The quantitative estimate of drug-likeness (QED) is 0.467. The molecule has 0 unspecified atom stereocenters. The molecule has 0 spiro atoms. The number of alkyl halides is 3. The Labute approximate surface area is 202 Å². The van der Waals surface area contributed by atoms with E-state index in [2.05, 4.69) is 10.2 Å². The van der Waals surface area contributed by atoms with Gasteiger partial charge in [0.2, 0.25) is 0 Å². The van der Waals surface area contributed by atoms with E-state index >= 15 is 0 Å². The van der Waals surface area contributed by atoms with E-state index in [1.807, 2.05) is 36.1 Å². The van der Waals surface area contributed by atoms with Crippen molar-refractivity contribution in [1.82, 2.24) is 10.3 Å². The van der Waals surface area contributed by atoms with Crippen molar-refractivity contribution in [3.8, 4) is 0 Å². The van der Waals surface area contributed by atoms with Gasteiger partial charge in [0.1, 0.15) is 5.82 Å². The molecule has 1 fully saturated rings. The zero-order chi connectivity index (χ0) is 24.8. The molecule has 9 heteroatoms. The lowest BCUT2D eigenvalue weighted by molar-refractivity contribution is -0.137. The standard InChI is InChI=1S/C26H29F3N4O2/c1-2-35-16-6-11-30-25(34)22-18-24(31-23-10-4-3-9-21(22)23)33-14-12-32(13-15-33)20-8-5-7-19(17-20)26(27,28)29/h3-5,7-10,17-18H,2,6,11-16H2,1H3,(H,30,34). The summed E-state index contributed by atoms with van der Waals surface area (Å²) in [4.78, 5) is 21.8. The molecular weight excluding hydrogens is 457 g/mol. The fourth-order valence-corrected chi connectivity index (χ4v) is 4.20. The highest BCUT2D eigenvalue weighted by Gasteiger charge is 2.31. The molecule has 1 aliphatic heterocycles. The molecule has 1 N–H and O–H groups in total. The number of para-hydroxylation sites is 1. The van der Waals surface area contributed by atoms with Crippen molar-refractivity contribution in [2.45, 2.75) is 19.5 Å². The van der Waals surface area contributed by atoms with Crippen LogP contribution in [0.3, 0.4) is 0 Å². The maximum absolute atomic E-state index is 13.1. The molecule has 1 saturated heterocycles. The van der Waals surface area contributed by atoms with Gasteiger partial charge in [0, 0.05) is 57.0 Å². The van der Waals surface area contributed by atoms with Crippen LogP contribution >= 0.6 is 0 Å². The van der Waals surface area contributed by atoms with Crippen molar-refractivity contribution in [2.75, 3.05) is 55.7 Å². The number of amides is 1. The molecule has 2 aromatic carbocycles. The number of nitrogens with one attached hydrogen (secondary N) is 1. The van der Waals surface area contributed by atoms with E-state index in [-0.39, 0.29) is 5.91 Å². The minimum absolute atomic E-state index is 0.163. The van der Waals surface area contributed by atoms with Gasteiger partial charge in [-0.25, -0.2) is 4.98 Å². The number of hydrogen-bond acceptors (Lipinski definition) is 5. The van der Waals surface area contributed by atoms with E-state index in [9.17, 15) is 18.0 Å². The van der Waals surface area contributed by atoms with E-state index in [1.165, 1.54) is 12.1 Å². The van der Waals surface area contributed by atoms with Crippen molar-refractivity contribution in [1.29, 1.82) is 0 Å². The molecule has 1 amide bonds. The van der Waals surface area contributed by atoms with Crippen molar-refractivity contribution < 1.29 is 22.7 Å². The smallest absolute Gasteiger partial charge is 0.382 e. The number of ether oxygens (including phenoxy) is 1. The third kappa shape index (κ3) is 6.03. The number of fused-ring (bicyclic) bond motifs is 1. The number of aromatic nitrogens is 1. The van der Waals surface area contributed by atoms with E-state index in [1.54, 1.807) is 12.1 Å². The van der Waals surface area contributed by atoms with Gasteiger partial charge < -0.3 is 19.9 Å². The number of pyridine rings is 1. The largest absolute Gasteiger partial charge is 0.416 e. The van der Waals surface area contributed by atoms with E-state index in [4.69, 9.17) is 9.72 Å². The number of anilines is 2. The predicted octanol–water partition coefficient (Wildman–Crippen LogP) is 4.74. The van der Waals surface area contributed by atoms with Gasteiger partial charge in [0.15, 0.2) is 0 Å². The number of hydrogen-bond donors (Lipinski definition) is 1. The summed E-state index contributed by atoms with van der Waals surface area (Å²) in [6, 6.07) is 14.7. The average molecular weight is 487 g/mol. The summed E-state index contributed by atoms with van der Waals surface area (Å²) in [5.74, 6) is 0.524. The molecule has 3 aromatic rings. The molecule has 0 bridgehead atoms. The molecule has 0 saturated carbocycles. The Balaban J connectivity index is 1.48. The normalized spacial score (nSPS) is 14.4. The first-order valence-corrected chi connectivity index (χ1v) is 11.8. The van der Waals surface area contributed by atoms with E-state index < -0.39 is 11.7 Å². The lowest BCUT2D eigenvalue weighted by Gasteiger charge is -2.37. The van der Waals surface area contributed by atoms with E-state index in [0.717, 1.165) is 23.4 Å². The maximum atomic E-state index is 13.1. The summed E-state index contributed by atoms with van der Waals surface area (Å²) in [7, 11) is 0. The average Bonchev–Trinajstić information content (AvgIpc) is 2.87. The minimum Gasteiger partial charge on any atom is -0.382 e. The van der Waals surface area contributed by atoms with Crippen LogP contribution < -0.4 is 15.1 Å². The van der Waals surface area contributed by atoms with Gasteiger partial charge >= 0.3 is 6.18 Å². The van der Waals surface area contributed by atoms with Gasteiger partial charge in [0.05, 0.1) is 16.6 Å². The number of carbonyl (C=O) groups is 1. The Morgan fingerprint density at radius 2 is 1.77 bits per heavy atom. The highest BCUT2D eigenvalue weighted by molar-refractivity contribution is 6.07. The zero-order valence-electron chi connectivity index (χ0n) is 19.6. The van der Waals surface area contributed by atoms with Crippen LogP contribution in [-0.2, 0) is 10.9 Å². The summed E-state index contributed by atoms with van der Waals surface area (Å²) >= 11 is 0. The SMILES string of the molecule is CCOCCCNC(=O)c1cc(N2CCN(c3cccc(C(F)(F)F)c3)CC2)nc2ccccc12. The number of halogens is 3. The van der Waals surface area contributed by atoms with Crippen LogP contribution in [0.25, 0.3) is 10.9 Å². The monoisotopic (exact) mass is 486 g/mol. The fraction of sp³-hybridized carbons (Fsp3) is 0.385. The summed E-state index contributed by atoms with van der Waals surface area (Å²) in [6.45, 7) is 5.95. The Bertz CT molecular complexity index is 1160. The molecule has 35 heavy (non-hydrogen) atoms. The number of rotatable bonds is 8. The predicted molar refractivity (Wildman–Crippen MR) is 131 cm³/mol. The molecule has 186 valence electrons. The van der Waals surface area contributed by atoms with Crippen LogP contribution in [0.1, 0.15) is 29.3 Å². The van der Waals surface area contributed by atoms with Gasteiger partial charge in [-0.05, 0) is 43.7 Å². The lowest BCUT2D eigenvalue weighted by atomic mass is 10.1. The Kier molecular flexibility index (Phi) is 7.75. The van der Waals surface area contributed by atoms with Crippen molar-refractivity contribution in [3.05, 3.63) is 65.7 Å². The second-order valence-electron chi connectivity index (χ2n) is 8.37. The summed E-state index contributed by atoms with van der Waals surface area (Å²) in [6.07, 6.45) is -3.64. The maximum Gasteiger partial charge on any atom is 0.416 e. The number of benzene rings is 2. The van der Waals surface area contributed by atoms with Crippen LogP contribution in [0.15, 0.2) is 54.6 Å². The molecule has 0 radical (unpaired) electrons. The highest BCUT2D eigenvalue weighted by Crippen LogP contribution is 2.32. The molecule has 2 heterocycles. The van der Waals surface area contributed by atoms with Crippen LogP contribution in [0, 0.1) is 0 Å². The van der Waals surface area contributed by atoms with Gasteiger partial charge in [-0.1, -0.05) is 24.3 Å². The summed E-state index contributed by atoms with van der Waals surface area (Å²) in [5.41, 5.74) is 1.19. The van der Waals surface area contributed by atoms with Crippen LogP contribution in [0.2, 0.25) is 0 Å². The fourth-order valence-electron chi connectivity index (χ4n) is 4.20. The van der Waals surface area contributed by atoms with Gasteiger partial charge in [-0.3, -0.25) is 4.79 Å². The molecule has 0 aliphatic carbocycles. The third-order valence-corrected chi connectivity index (χ3v) is 6.04. The first-order valence-electron chi connectivity index (χ1n) is 11.8. The topological polar surface area (TPSA) is 57.7 Å². The van der Waals surface area contributed by atoms with Crippen molar-refractivity contribution >= 4 is 28.3 Å². The second-order valence-corrected chi connectivity index (χ2v) is 8.37. The molecule has 1 aliphatic rings. The summed E-state index contributed by atoms with van der Waals surface area (Å²) < 4.78 is 44.6. The van der Waals surface area contributed by atoms with Gasteiger partial charge in [0.25, 0.3) is 5.91 Å². The molecule has 1 aromatic heterocycles. The second kappa shape index (κ2) is 10.9. The number of piperazine rings is 1. The summed E-state index contributed by atoms with van der Waals surface area (Å²) in [5, 5.41) is 3.74. The molecule has 6 nitrogen and oxygen atoms in total. The first-order chi connectivity index (χ1) is 16.9. The molecule has 0 atom stereocenters. The Morgan fingerprint density at radius 3 is 2.51 bits per heavy atom. The highest BCUT2D eigenvalue weighted by atomic mass is 19.4. The lowest BCUT2D eigenvalue weighted by Crippen LogP contribution is -2.47. The molecular formula is C26H29F3N4O2. The third-order valence-electron chi connectivity index (χ3n) is 6.04. The zero-order valence-corrected chi connectivity index (χ0v) is 19.6. The van der Waals surface area contributed by atoms with Crippen molar-refractivity contribution in [2.24, 2.45) is 0 Å². The van der Waals surface area contributed by atoms with Gasteiger partial charge in [-0.2, -0.15) is 13.2 Å². The Morgan fingerprint density at radius 1 is 1.03 bits per heavy atom. The number of carbonyl (C=O) groups excluding carboxylic acids is 1. The van der Waals surface area contributed by atoms with Crippen LogP contribution in [0.4, 0.5) is 24.7 Å². The van der Waals surface area contributed by atoms with Crippen LogP contribution in [-0.4, -0.2) is 56.8 Å². The molecule has 4 rings (SSSR count). The van der Waals surface area contributed by atoms with E-state index in [0.29, 0.717) is 63.0 Å². The van der Waals surface area contributed by atoms with Crippen molar-refractivity contribution in [3.63, 3.8) is 0 Å². The first kappa shape index (κ1) is 24.8. The van der Waals surface area contributed by atoms with Crippen LogP contribution in [0.5, 0.6) is 0 Å². The minimum atomic E-state index is -4.37.